The first-order valence-corrected chi connectivity index (χ1v) is 15.7. The lowest BCUT2D eigenvalue weighted by molar-refractivity contribution is -0.123. The number of hydrogen-bond acceptors (Lipinski definition) is 7. The van der Waals surface area contributed by atoms with Gasteiger partial charge in [-0.15, -0.1) is 23.1 Å². The van der Waals surface area contributed by atoms with Crippen molar-refractivity contribution in [2.24, 2.45) is 5.92 Å². The Kier molecular flexibility index (Phi) is 7.26. The average molecular weight is 544 g/mol. The van der Waals surface area contributed by atoms with Crippen LogP contribution in [0.5, 0.6) is 0 Å². The molecule has 1 aliphatic rings. The van der Waals surface area contributed by atoms with Gasteiger partial charge in [0.15, 0.2) is 5.13 Å². The summed E-state index contributed by atoms with van der Waals surface area (Å²) in [5, 5.41) is 2.45. The number of sulfonamides is 1. The van der Waals surface area contributed by atoms with Gasteiger partial charge in [0.1, 0.15) is 4.21 Å². The first kappa shape index (κ1) is 24.5. The highest BCUT2D eigenvalue weighted by molar-refractivity contribution is 7.98. The predicted molar refractivity (Wildman–Crippen MR) is 145 cm³/mol. The number of rotatable bonds is 7. The summed E-state index contributed by atoms with van der Waals surface area (Å²) in [6.07, 6.45) is 3.03. The van der Waals surface area contributed by atoms with Gasteiger partial charge < -0.3 is 0 Å². The zero-order valence-corrected chi connectivity index (χ0v) is 22.4. The van der Waals surface area contributed by atoms with E-state index in [1.807, 2.05) is 48.7 Å². The largest absolute Gasteiger partial charge is 0.283 e. The van der Waals surface area contributed by atoms with Crippen LogP contribution in [0.25, 0.3) is 10.2 Å². The summed E-state index contributed by atoms with van der Waals surface area (Å²) in [6, 6.07) is 19.4. The Morgan fingerprint density at radius 1 is 1.11 bits per heavy atom. The molecule has 0 saturated carbocycles. The molecule has 0 atom stereocenters. The van der Waals surface area contributed by atoms with E-state index in [9.17, 15) is 13.2 Å². The maximum atomic E-state index is 13.8. The number of carbonyl (C=O) groups is 1. The minimum absolute atomic E-state index is 0.00571. The van der Waals surface area contributed by atoms with Gasteiger partial charge in [-0.2, -0.15) is 4.31 Å². The number of piperidine rings is 1. The van der Waals surface area contributed by atoms with Crippen molar-refractivity contribution in [1.29, 1.82) is 0 Å². The Labute approximate surface area is 217 Å². The Hall–Kier alpha value is -2.24. The van der Waals surface area contributed by atoms with Gasteiger partial charge in [0.05, 0.1) is 16.8 Å². The fraction of sp³-hybridized carbons (Fsp3) is 0.280. The van der Waals surface area contributed by atoms with Crippen LogP contribution in [0.1, 0.15) is 18.4 Å². The third-order valence-corrected chi connectivity index (χ3v) is 11.2. The van der Waals surface area contributed by atoms with E-state index in [2.05, 4.69) is 6.07 Å². The fourth-order valence-electron chi connectivity index (χ4n) is 4.24. The number of carbonyl (C=O) groups excluding carboxylic acids is 1. The van der Waals surface area contributed by atoms with E-state index in [4.69, 9.17) is 4.98 Å². The van der Waals surface area contributed by atoms with Crippen LogP contribution in [0, 0.1) is 5.92 Å². The summed E-state index contributed by atoms with van der Waals surface area (Å²) in [5.74, 6) is -0.242. The van der Waals surface area contributed by atoms with Crippen molar-refractivity contribution in [3.8, 4) is 0 Å². The molecule has 0 unspecified atom stereocenters. The first-order valence-electron chi connectivity index (χ1n) is 11.3. The zero-order chi connectivity index (χ0) is 24.4. The summed E-state index contributed by atoms with van der Waals surface area (Å²) in [7, 11) is -3.50. The Balaban J connectivity index is 1.39. The van der Waals surface area contributed by atoms with Gasteiger partial charge in [0.25, 0.3) is 10.0 Å². The Bertz CT molecular complexity index is 1410. The lowest BCUT2D eigenvalue weighted by Crippen LogP contribution is -2.44. The van der Waals surface area contributed by atoms with E-state index in [-0.39, 0.29) is 11.8 Å². The molecule has 1 fully saturated rings. The number of hydrogen-bond donors (Lipinski definition) is 0. The molecule has 10 heteroatoms. The number of anilines is 1. The number of nitrogens with zero attached hydrogens (tertiary/aromatic N) is 3. The van der Waals surface area contributed by atoms with Crippen LogP contribution >= 0.6 is 34.4 Å². The molecule has 0 aliphatic carbocycles. The van der Waals surface area contributed by atoms with Crippen LogP contribution in [-0.2, 0) is 21.4 Å². The number of thioether (sulfide) groups is 1. The van der Waals surface area contributed by atoms with Crippen LogP contribution in [0.15, 0.2) is 75.1 Å². The number of amides is 1. The normalized spacial score (nSPS) is 15.5. The monoisotopic (exact) mass is 543 g/mol. The summed E-state index contributed by atoms with van der Waals surface area (Å²) in [5.41, 5.74) is 1.91. The van der Waals surface area contributed by atoms with E-state index >= 15 is 0 Å². The molecule has 182 valence electrons. The van der Waals surface area contributed by atoms with Crippen molar-refractivity contribution in [3.05, 3.63) is 71.6 Å². The number of benzene rings is 2. The third-order valence-electron chi connectivity index (χ3n) is 6.16. The maximum absolute atomic E-state index is 13.8. The van der Waals surface area contributed by atoms with E-state index in [0.29, 0.717) is 41.8 Å². The highest BCUT2D eigenvalue weighted by Gasteiger charge is 2.35. The zero-order valence-electron chi connectivity index (χ0n) is 19.2. The molecule has 5 rings (SSSR count). The Morgan fingerprint density at radius 2 is 1.89 bits per heavy atom. The van der Waals surface area contributed by atoms with E-state index in [1.165, 1.54) is 27.0 Å². The molecule has 3 heterocycles. The molecular weight excluding hydrogens is 519 g/mol. The van der Waals surface area contributed by atoms with E-state index < -0.39 is 10.0 Å². The van der Waals surface area contributed by atoms with Crippen molar-refractivity contribution in [3.63, 3.8) is 0 Å². The van der Waals surface area contributed by atoms with Gasteiger partial charge in [-0.05, 0) is 54.3 Å². The molecule has 1 aliphatic heterocycles. The molecule has 0 spiro atoms. The minimum atomic E-state index is -3.50. The number of aromatic nitrogens is 1. The number of thiazole rings is 1. The second-order valence-corrected chi connectivity index (χ2v) is 13.4. The summed E-state index contributed by atoms with van der Waals surface area (Å²) in [4.78, 5) is 21.6. The molecule has 0 bridgehead atoms. The molecule has 0 N–H and O–H groups in total. The second-order valence-electron chi connectivity index (χ2n) is 8.35. The summed E-state index contributed by atoms with van der Waals surface area (Å²) in [6.45, 7) is 1.11. The van der Waals surface area contributed by atoms with Crippen LogP contribution < -0.4 is 4.90 Å². The first-order chi connectivity index (χ1) is 17.0. The summed E-state index contributed by atoms with van der Waals surface area (Å²) < 4.78 is 28.7. The molecule has 35 heavy (non-hydrogen) atoms. The van der Waals surface area contributed by atoms with Crippen LogP contribution in [0.2, 0.25) is 0 Å². The quantitative estimate of drug-likeness (QED) is 0.279. The van der Waals surface area contributed by atoms with Crippen LogP contribution in [0.4, 0.5) is 5.13 Å². The molecule has 1 amide bonds. The van der Waals surface area contributed by atoms with Gasteiger partial charge in [-0.1, -0.05) is 47.7 Å². The van der Waals surface area contributed by atoms with Crippen molar-refractivity contribution >= 4 is 65.7 Å². The molecule has 2 aromatic carbocycles. The fourth-order valence-corrected chi connectivity index (χ4v) is 8.38. The third kappa shape index (κ3) is 5.17. The van der Waals surface area contributed by atoms with Gasteiger partial charge in [-0.25, -0.2) is 13.4 Å². The summed E-state index contributed by atoms with van der Waals surface area (Å²) >= 11 is 4.43. The molecule has 0 radical (unpaired) electrons. The lowest BCUT2D eigenvalue weighted by atomic mass is 9.96. The molecule has 4 aromatic rings. The van der Waals surface area contributed by atoms with Gasteiger partial charge in [0.2, 0.25) is 5.91 Å². The lowest BCUT2D eigenvalue weighted by Gasteiger charge is -2.32. The van der Waals surface area contributed by atoms with Crippen molar-refractivity contribution < 1.29 is 13.2 Å². The molecule has 2 aromatic heterocycles. The van der Waals surface area contributed by atoms with Gasteiger partial charge >= 0.3 is 0 Å². The van der Waals surface area contributed by atoms with Crippen molar-refractivity contribution in [2.75, 3.05) is 24.2 Å². The van der Waals surface area contributed by atoms with Crippen molar-refractivity contribution in [1.82, 2.24) is 9.29 Å². The highest BCUT2D eigenvalue weighted by atomic mass is 32.2. The average Bonchev–Trinajstić information content (AvgIpc) is 3.58. The predicted octanol–water partition coefficient (Wildman–Crippen LogP) is 5.71. The van der Waals surface area contributed by atoms with Crippen LogP contribution in [0.3, 0.4) is 0 Å². The van der Waals surface area contributed by atoms with E-state index in [1.54, 1.807) is 34.2 Å². The maximum Gasteiger partial charge on any atom is 0.252 e. The number of fused-ring (bicyclic) bond motifs is 1. The van der Waals surface area contributed by atoms with Gasteiger partial charge in [-0.3, -0.25) is 9.69 Å². The molecule has 1 saturated heterocycles. The van der Waals surface area contributed by atoms with E-state index in [0.717, 1.165) is 20.7 Å². The number of thiophene rings is 1. The van der Waals surface area contributed by atoms with Crippen LogP contribution in [-0.4, -0.2) is 43.0 Å². The second kappa shape index (κ2) is 10.4. The standard InChI is InChI=1S/C25H25N3O3S4/c1-32-20-9-10-21-22(16-20)34-25(26-21)28(17-18-6-3-2-4-7-18)24(29)19-11-13-27(14-12-19)35(30,31)23-8-5-15-33-23/h2-10,15-16,19H,11-14,17H2,1H3. The Morgan fingerprint density at radius 3 is 2.57 bits per heavy atom. The van der Waals surface area contributed by atoms with Crippen molar-refractivity contribution in [2.45, 2.75) is 28.5 Å². The van der Waals surface area contributed by atoms with Gasteiger partial charge in [0, 0.05) is 23.9 Å². The SMILES string of the molecule is CSc1ccc2nc(N(Cc3ccccc3)C(=O)C3CCN(S(=O)(=O)c4cccs4)CC3)sc2c1. The molecular formula is C25H25N3O3S4. The molecule has 6 nitrogen and oxygen atoms in total. The smallest absolute Gasteiger partial charge is 0.252 e. The topological polar surface area (TPSA) is 70.6 Å². The highest BCUT2D eigenvalue weighted by Crippen LogP contribution is 2.35. The minimum Gasteiger partial charge on any atom is -0.283 e.